The van der Waals surface area contributed by atoms with E-state index in [4.69, 9.17) is 5.73 Å². The molecule has 1 unspecified atom stereocenters. The zero-order valence-electron chi connectivity index (χ0n) is 10.3. The molecule has 2 aromatic rings. The third-order valence-electron chi connectivity index (χ3n) is 2.81. The molecule has 3 heteroatoms. The molecule has 1 atom stereocenters. The molecular weight excluding hydrogens is 228 g/mol. The lowest BCUT2D eigenvalue weighted by Gasteiger charge is -2.23. The highest BCUT2D eigenvalue weighted by Gasteiger charge is 2.10. The van der Waals surface area contributed by atoms with E-state index in [9.17, 15) is 0 Å². The first-order valence-corrected chi connectivity index (χ1v) is 6.64. The van der Waals surface area contributed by atoms with Gasteiger partial charge in [-0.25, -0.2) is 0 Å². The van der Waals surface area contributed by atoms with Crippen molar-refractivity contribution in [2.75, 3.05) is 11.9 Å². The quantitative estimate of drug-likeness (QED) is 0.896. The van der Waals surface area contributed by atoms with Crippen molar-refractivity contribution in [2.45, 2.75) is 19.5 Å². The third kappa shape index (κ3) is 2.87. The predicted molar refractivity (Wildman–Crippen MR) is 75.5 cm³/mol. The van der Waals surface area contributed by atoms with E-state index in [-0.39, 0.29) is 6.04 Å². The van der Waals surface area contributed by atoms with Gasteiger partial charge >= 0.3 is 0 Å². The van der Waals surface area contributed by atoms with Crippen molar-refractivity contribution in [3.63, 3.8) is 0 Å². The summed E-state index contributed by atoms with van der Waals surface area (Å²) in [6.45, 7) is 2.96. The maximum atomic E-state index is 6.00. The minimum Gasteiger partial charge on any atom is -0.369 e. The smallest absolute Gasteiger partial charge is 0.0519 e. The molecular formula is C14H18N2S. The van der Waals surface area contributed by atoms with Crippen LogP contribution in [0.2, 0.25) is 0 Å². The fraction of sp³-hybridized carbons (Fsp3) is 0.286. The Bertz CT molecular complexity index is 463. The Morgan fingerprint density at radius 1 is 1.24 bits per heavy atom. The van der Waals surface area contributed by atoms with E-state index in [0.717, 1.165) is 6.54 Å². The van der Waals surface area contributed by atoms with Gasteiger partial charge in [0.1, 0.15) is 0 Å². The minimum absolute atomic E-state index is 0.0667. The summed E-state index contributed by atoms with van der Waals surface area (Å²) in [7, 11) is 2.11. The fourth-order valence-electron chi connectivity index (χ4n) is 1.94. The van der Waals surface area contributed by atoms with Crippen LogP contribution in [0.15, 0.2) is 41.8 Å². The molecule has 0 saturated heterocycles. The highest BCUT2D eigenvalue weighted by molar-refractivity contribution is 7.09. The predicted octanol–water partition coefficient (Wildman–Crippen LogP) is 3.40. The molecule has 1 aromatic heterocycles. The monoisotopic (exact) mass is 246 g/mol. The van der Waals surface area contributed by atoms with Gasteiger partial charge in [0.05, 0.1) is 6.54 Å². The molecule has 0 radical (unpaired) electrons. The van der Waals surface area contributed by atoms with Gasteiger partial charge in [0.2, 0.25) is 0 Å². The molecule has 0 saturated carbocycles. The summed E-state index contributed by atoms with van der Waals surface area (Å²) in [5.41, 5.74) is 8.42. The molecule has 0 amide bonds. The van der Waals surface area contributed by atoms with E-state index in [1.165, 1.54) is 16.1 Å². The highest BCUT2D eigenvalue weighted by Crippen LogP contribution is 2.25. The van der Waals surface area contributed by atoms with Crippen LogP contribution in [-0.4, -0.2) is 7.05 Å². The number of hydrogen-bond acceptors (Lipinski definition) is 3. The molecule has 1 aromatic carbocycles. The van der Waals surface area contributed by atoms with Crippen LogP contribution in [0, 0.1) is 0 Å². The number of anilines is 1. The first-order chi connectivity index (χ1) is 8.18. The Kier molecular flexibility index (Phi) is 3.82. The number of nitrogens with zero attached hydrogens (tertiary/aromatic N) is 1. The number of hydrogen-bond donors (Lipinski definition) is 1. The second-order valence-electron chi connectivity index (χ2n) is 4.28. The molecule has 2 N–H and O–H groups in total. The van der Waals surface area contributed by atoms with Crippen molar-refractivity contribution in [3.8, 4) is 0 Å². The van der Waals surface area contributed by atoms with Crippen molar-refractivity contribution in [1.82, 2.24) is 0 Å². The Morgan fingerprint density at radius 2 is 2.00 bits per heavy atom. The van der Waals surface area contributed by atoms with Crippen LogP contribution in [0.5, 0.6) is 0 Å². The van der Waals surface area contributed by atoms with Crippen LogP contribution in [0.4, 0.5) is 5.69 Å². The van der Waals surface area contributed by atoms with Crippen LogP contribution >= 0.6 is 11.3 Å². The second kappa shape index (κ2) is 5.34. The molecule has 0 aliphatic heterocycles. The summed E-state index contributed by atoms with van der Waals surface area (Å²) in [5.74, 6) is 0. The third-order valence-corrected chi connectivity index (χ3v) is 3.67. The van der Waals surface area contributed by atoms with Gasteiger partial charge in [0.25, 0.3) is 0 Å². The van der Waals surface area contributed by atoms with E-state index in [1.807, 2.05) is 13.0 Å². The van der Waals surface area contributed by atoms with E-state index >= 15 is 0 Å². The number of rotatable bonds is 4. The van der Waals surface area contributed by atoms with Gasteiger partial charge in [-0.1, -0.05) is 24.3 Å². The van der Waals surface area contributed by atoms with Gasteiger partial charge in [0, 0.05) is 23.7 Å². The number of para-hydroxylation sites is 1. The second-order valence-corrected chi connectivity index (χ2v) is 5.32. The first kappa shape index (κ1) is 12.1. The van der Waals surface area contributed by atoms with Gasteiger partial charge in [-0.15, -0.1) is 11.3 Å². The number of benzene rings is 1. The summed E-state index contributed by atoms with van der Waals surface area (Å²) in [4.78, 5) is 3.62. The van der Waals surface area contributed by atoms with E-state index in [0.29, 0.717) is 0 Å². The van der Waals surface area contributed by atoms with Gasteiger partial charge < -0.3 is 10.6 Å². The molecule has 0 spiro atoms. The zero-order valence-corrected chi connectivity index (χ0v) is 11.1. The highest BCUT2D eigenvalue weighted by atomic mass is 32.1. The molecule has 2 nitrogen and oxygen atoms in total. The molecule has 1 heterocycles. The molecule has 17 heavy (non-hydrogen) atoms. The van der Waals surface area contributed by atoms with Crippen molar-refractivity contribution in [3.05, 3.63) is 52.2 Å². The lowest BCUT2D eigenvalue weighted by atomic mass is 10.1. The summed E-state index contributed by atoms with van der Waals surface area (Å²) in [6, 6.07) is 12.7. The van der Waals surface area contributed by atoms with Gasteiger partial charge in [-0.05, 0) is 30.0 Å². The van der Waals surface area contributed by atoms with Crippen LogP contribution in [0.25, 0.3) is 0 Å². The largest absolute Gasteiger partial charge is 0.369 e. The molecule has 0 bridgehead atoms. The van der Waals surface area contributed by atoms with Crippen molar-refractivity contribution in [2.24, 2.45) is 5.73 Å². The lowest BCUT2D eigenvalue weighted by Crippen LogP contribution is -2.19. The normalized spacial score (nSPS) is 12.4. The SMILES string of the molecule is CC(N)c1ccccc1N(C)Cc1cccs1. The number of nitrogens with two attached hydrogens (primary N) is 1. The Hall–Kier alpha value is -1.32. The molecule has 90 valence electrons. The molecule has 2 rings (SSSR count). The summed E-state index contributed by atoms with van der Waals surface area (Å²) < 4.78 is 0. The van der Waals surface area contributed by atoms with Crippen molar-refractivity contribution in [1.29, 1.82) is 0 Å². The summed E-state index contributed by atoms with van der Waals surface area (Å²) in [5, 5.41) is 2.11. The Balaban J connectivity index is 2.21. The minimum atomic E-state index is 0.0667. The lowest BCUT2D eigenvalue weighted by molar-refractivity contribution is 0.803. The van der Waals surface area contributed by atoms with Gasteiger partial charge in [-0.2, -0.15) is 0 Å². The zero-order chi connectivity index (χ0) is 12.3. The standard InChI is InChI=1S/C14H18N2S/c1-11(15)13-7-3-4-8-14(13)16(2)10-12-6-5-9-17-12/h3-9,11H,10,15H2,1-2H3. The Labute approximate surface area is 107 Å². The maximum absolute atomic E-state index is 6.00. The summed E-state index contributed by atoms with van der Waals surface area (Å²) >= 11 is 1.79. The topological polar surface area (TPSA) is 29.3 Å². The average Bonchev–Trinajstić information content (AvgIpc) is 2.81. The Morgan fingerprint density at radius 3 is 2.65 bits per heavy atom. The van der Waals surface area contributed by atoms with Crippen LogP contribution in [0.3, 0.4) is 0 Å². The first-order valence-electron chi connectivity index (χ1n) is 5.76. The molecule has 0 fully saturated rings. The average molecular weight is 246 g/mol. The van der Waals surface area contributed by atoms with Gasteiger partial charge in [-0.3, -0.25) is 0 Å². The summed E-state index contributed by atoms with van der Waals surface area (Å²) in [6.07, 6.45) is 0. The number of thiophene rings is 1. The maximum Gasteiger partial charge on any atom is 0.0519 e. The van der Waals surface area contributed by atoms with Crippen LogP contribution in [0.1, 0.15) is 23.4 Å². The fourth-order valence-corrected chi connectivity index (χ4v) is 2.70. The molecule has 0 aliphatic carbocycles. The van der Waals surface area contributed by atoms with Crippen LogP contribution < -0.4 is 10.6 Å². The van der Waals surface area contributed by atoms with Crippen molar-refractivity contribution >= 4 is 17.0 Å². The van der Waals surface area contributed by atoms with E-state index in [1.54, 1.807) is 11.3 Å². The van der Waals surface area contributed by atoms with E-state index < -0.39 is 0 Å². The van der Waals surface area contributed by atoms with Gasteiger partial charge in [0.15, 0.2) is 0 Å². The molecule has 0 aliphatic rings. The van der Waals surface area contributed by atoms with Crippen molar-refractivity contribution < 1.29 is 0 Å². The van der Waals surface area contributed by atoms with Crippen LogP contribution in [-0.2, 0) is 6.54 Å². The van der Waals surface area contributed by atoms with E-state index in [2.05, 4.69) is 47.7 Å².